The molecule has 0 amide bonds. The van der Waals surface area contributed by atoms with Gasteiger partial charge >= 0.3 is 5.97 Å². The Morgan fingerprint density at radius 2 is 1.58 bits per heavy atom. The Morgan fingerprint density at radius 1 is 0.939 bits per heavy atom. The summed E-state index contributed by atoms with van der Waals surface area (Å²) in [4.78, 5) is 12.9. The van der Waals surface area contributed by atoms with Crippen LogP contribution >= 0.6 is 0 Å². The number of nitriles is 2. The standard InChI is InChI=1S/C29H38N2O2/c1-3-5-21-6-8-22(9-7-21)27(32)33-26-11-10-25(23(19-30)24(26)20-31)29-16-13-28(12-4-2,14-17-29)15-18-29/h10-11,21-22H,3-9,12-18H2,1-2H3/t21-,22-,28?,29?. The first kappa shape index (κ1) is 23.8. The molecular formula is C29H38N2O2. The van der Waals surface area contributed by atoms with Crippen LogP contribution in [0, 0.1) is 39.9 Å². The summed E-state index contributed by atoms with van der Waals surface area (Å²) in [5.74, 6) is 0.647. The molecule has 176 valence electrons. The zero-order chi connectivity index (χ0) is 23.5. The Morgan fingerprint density at radius 3 is 2.12 bits per heavy atom. The Bertz CT molecular complexity index is 935. The summed E-state index contributed by atoms with van der Waals surface area (Å²) in [5.41, 5.74) is 2.17. The fourth-order valence-corrected chi connectivity index (χ4v) is 7.20. The molecule has 0 N–H and O–H groups in total. The molecule has 4 aliphatic carbocycles. The minimum Gasteiger partial charge on any atom is -0.425 e. The summed E-state index contributed by atoms with van der Waals surface area (Å²) in [6.45, 7) is 4.48. The Kier molecular flexibility index (Phi) is 7.13. The largest absolute Gasteiger partial charge is 0.425 e. The van der Waals surface area contributed by atoms with Crippen LogP contribution in [0.25, 0.3) is 0 Å². The van der Waals surface area contributed by atoms with E-state index in [-0.39, 0.29) is 28.6 Å². The fourth-order valence-electron chi connectivity index (χ4n) is 7.20. The third-order valence-electron chi connectivity index (χ3n) is 9.23. The number of ether oxygens (including phenoxy) is 1. The van der Waals surface area contributed by atoms with E-state index in [1.54, 1.807) is 6.07 Å². The molecule has 4 fully saturated rings. The minimum absolute atomic E-state index is 0.00759. The lowest BCUT2D eigenvalue weighted by Gasteiger charge is -2.54. The lowest BCUT2D eigenvalue weighted by atomic mass is 9.50. The topological polar surface area (TPSA) is 73.9 Å². The van der Waals surface area contributed by atoms with Gasteiger partial charge in [-0.05, 0) is 99.0 Å². The van der Waals surface area contributed by atoms with E-state index in [2.05, 4.69) is 26.0 Å². The maximum Gasteiger partial charge on any atom is 0.314 e. The monoisotopic (exact) mass is 446 g/mol. The zero-order valence-electron chi connectivity index (χ0n) is 20.4. The minimum atomic E-state index is -0.240. The van der Waals surface area contributed by atoms with Crippen molar-refractivity contribution >= 4 is 5.97 Å². The molecule has 1 aromatic carbocycles. The summed E-state index contributed by atoms with van der Waals surface area (Å²) >= 11 is 0. The number of carbonyl (C=O) groups is 1. The highest BCUT2D eigenvalue weighted by atomic mass is 16.5. The van der Waals surface area contributed by atoms with E-state index in [4.69, 9.17) is 4.74 Å². The summed E-state index contributed by atoms with van der Waals surface area (Å²) in [5, 5.41) is 20.0. The normalized spacial score (nSPS) is 30.9. The Hall–Kier alpha value is -2.33. The van der Waals surface area contributed by atoms with Crippen LogP contribution in [-0.2, 0) is 10.2 Å². The lowest BCUT2D eigenvalue weighted by Crippen LogP contribution is -2.44. The summed E-state index contributed by atoms with van der Waals surface area (Å²) < 4.78 is 5.77. The number of benzene rings is 1. The fraction of sp³-hybridized carbons (Fsp3) is 0.690. The molecule has 4 saturated carbocycles. The van der Waals surface area contributed by atoms with E-state index in [1.807, 2.05) is 6.07 Å². The number of rotatable bonds is 7. The van der Waals surface area contributed by atoms with Crippen molar-refractivity contribution in [1.29, 1.82) is 10.5 Å². The third-order valence-corrected chi connectivity index (χ3v) is 9.23. The maximum absolute atomic E-state index is 12.9. The average Bonchev–Trinajstić information content (AvgIpc) is 2.85. The van der Waals surface area contributed by atoms with Crippen molar-refractivity contribution in [3.05, 3.63) is 28.8 Å². The first-order valence-corrected chi connectivity index (χ1v) is 13.2. The number of esters is 1. The molecule has 0 heterocycles. The first-order chi connectivity index (χ1) is 16.0. The number of hydrogen-bond donors (Lipinski definition) is 0. The van der Waals surface area contributed by atoms with Crippen LogP contribution in [0.4, 0.5) is 0 Å². The van der Waals surface area contributed by atoms with Crippen LogP contribution in [0.1, 0.15) is 120 Å². The molecule has 5 rings (SSSR count). The SMILES string of the molecule is CCCC12CCC(c3ccc(OC(=O)[C@H]4CC[C@H](CCC)CC4)c(C#N)c3C#N)(CC1)CC2. The molecule has 0 aromatic heterocycles. The smallest absolute Gasteiger partial charge is 0.314 e. The zero-order valence-corrected chi connectivity index (χ0v) is 20.4. The van der Waals surface area contributed by atoms with Crippen molar-refractivity contribution in [3.8, 4) is 17.9 Å². The van der Waals surface area contributed by atoms with Crippen LogP contribution in [0.15, 0.2) is 12.1 Å². The number of carbonyl (C=O) groups excluding carboxylic acids is 1. The number of fused-ring (bicyclic) bond motifs is 3. The van der Waals surface area contributed by atoms with E-state index >= 15 is 0 Å². The third kappa shape index (κ3) is 4.55. The second kappa shape index (κ2) is 9.89. The summed E-state index contributed by atoms with van der Waals surface area (Å²) in [7, 11) is 0. The molecule has 0 aliphatic heterocycles. The van der Waals surface area contributed by atoms with Gasteiger partial charge in [-0.25, -0.2) is 0 Å². The maximum atomic E-state index is 12.9. The molecule has 4 nitrogen and oxygen atoms in total. The van der Waals surface area contributed by atoms with Gasteiger partial charge in [-0.15, -0.1) is 0 Å². The van der Waals surface area contributed by atoms with Gasteiger partial charge in [0, 0.05) is 0 Å². The summed E-state index contributed by atoms with van der Waals surface area (Å²) in [6.07, 6.45) is 15.7. The highest BCUT2D eigenvalue weighted by Crippen LogP contribution is 2.60. The molecule has 0 saturated heterocycles. The van der Waals surface area contributed by atoms with Gasteiger partial charge in [0.25, 0.3) is 0 Å². The van der Waals surface area contributed by atoms with E-state index < -0.39 is 0 Å². The van der Waals surface area contributed by atoms with Gasteiger partial charge in [0.2, 0.25) is 0 Å². The highest BCUT2D eigenvalue weighted by Gasteiger charge is 2.49. The molecule has 4 aliphatic rings. The Labute approximate surface area is 199 Å². The van der Waals surface area contributed by atoms with Crippen molar-refractivity contribution in [3.63, 3.8) is 0 Å². The molecule has 33 heavy (non-hydrogen) atoms. The molecule has 0 atom stereocenters. The van der Waals surface area contributed by atoms with Gasteiger partial charge in [-0.1, -0.05) is 39.2 Å². The van der Waals surface area contributed by atoms with Crippen molar-refractivity contribution in [2.24, 2.45) is 17.3 Å². The van der Waals surface area contributed by atoms with Crippen LogP contribution in [0.3, 0.4) is 0 Å². The second-order valence-electron chi connectivity index (χ2n) is 11.0. The van der Waals surface area contributed by atoms with E-state index in [0.717, 1.165) is 56.4 Å². The second-order valence-corrected chi connectivity index (χ2v) is 11.0. The molecule has 4 heteroatoms. The van der Waals surface area contributed by atoms with Crippen LogP contribution in [-0.4, -0.2) is 5.97 Å². The quantitative estimate of drug-likeness (QED) is 0.324. The van der Waals surface area contributed by atoms with Gasteiger partial charge < -0.3 is 4.74 Å². The van der Waals surface area contributed by atoms with Gasteiger partial charge in [-0.2, -0.15) is 10.5 Å². The van der Waals surface area contributed by atoms with Crippen LogP contribution < -0.4 is 4.74 Å². The van der Waals surface area contributed by atoms with E-state index in [1.165, 1.54) is 44.9 Å². The molecule has 0 radical (unpaired) electrons. The van der Waals surface area contributed by atoms with Gasteiger partial charge in [0.05, 0.1) is 11.5 Å². The van der Waals surface area contributed by atoms with Crippen molar-refractivity contribution in [2.45, 2.75) is 109 Å². The first-order valence-electron chi connectivity index (χ1n) is 13.2. The molecule has 2 bridgehead atoms. The van der Waals surface area contributed by atoms with Gasteiger partial charge in [0.1, 0.15) is 23.5 Å². The Balaban J connectivity index is 1.53. The number of hydrogen-bond acceptors (Lipinski definition) is 4. The molecule has 0 spiro atoms. The average molecular weight is 447 g/mol. The van der Waals surface area contributed by atoms with E-state index in [9.17, 15) is 15.3 Å². The summed E-state index contributed by atoms with van der Waals surface area (Å²) in [6, 6.07) is 8.30. The van der Waals surface area contributed by atoms with Crippen LogP contribution in [0.5, 0.6) is 5.75 Å². The van der Waals surface area contributed by atoms with E-state index in [0.29, 0.717) is 11.0 Å². The van der Waals surface area contributed by atoms with Gasteiger partial charge in [-0.3, -0.25) is 4.79 Å². The molecule has 0 unspecified atom stereocenters. The predicted octanol–water partition coefficient (Wildman–Crippen LogP) is 7.33. The highest BCUT2D eigenvalue weighted by molar-refractivity contribution is 5.76. The van der Waals surface area contributed by atoms with Gasteiger partial charge in [0.15, 0.2) is 0 Å². The van der Waals surface area contributed by atoms with Crippen molar-refractivity contribution < 1.29 is 9.53 Å². The van der Waals surface area contributed by atoms with Crippen molar-refractivity contribution in [2.75, 3.05) is 0 Å². The lowest BCUT2D eigenvalue weighted by molar-refractivity contribution is -0.140. The molecule has 1 aromatic rings. The number of nitrogens with zero attached hydrogens (tertiary/aromatic N) is 2. The molecular weight excluding hydrogens is 408 g/mol. The van der Waals surface area contributed by atoms with Crippen molar-refractivity contribution in [1.82, 2.24) is 0 Å². The predicted molar refractivity (Wildman–Crippen MR) is 129 cm³/mol. The van der Waals surface area contributed by atoms with Crippen LogP contribution in [0.2, 0.25) is 0 Å².